The van der Waals surface area contributed by atoms with Crippen LogP contribution in [0.1, 0.15) is 132 Å². The minimum Gasteiger partial charge on any atom is -0.206 e. The van der Waals surface area contributed by atoms with Gasteiger partial charge >= 0.3 is 0 Å². The average Bonchev–Trinajstić information content (AvgIpc) is 2.99. The molecule has 1 saturated carbocycles. The predicted molar refractivity (Wildman–Crippen MR) is 171 cm³/mol. The van der Waals surface area contributed by atoms with Gasteiger partial charge in [0.25, 0.3) is 0 Å². The summed E-state index contributed by atoms with van der Waals surface area (Å²) < 4.78 is 15.4. The number of aryl methyl sites for hydroxylation is 2. The zero-order valence-electron chi connectivity index (χ0n) is 25.2. The quantitative estimate of drug-likeness (QED) is 0.141. The summed E-state index contributed by atoms with van der Waals surface area (Å²) in [6.07, 6.45) is 22.0. The largest absolute Gasteiger partial charge is 0.206 e. The Morgan fingerprint density at radius 3 is 1.98 bits per heavy atom. The van der Waals surface area contributed by atoms with Gasteiger partial charge in [0, 0.05) is 16.5 Å². The van der Waals surface area contributed by atoms with Gasteiger partial charge in [-0.2, -0.15) is 0 Å². The number of rotatable bonds is 14. The van der Waals surface area contributed by atoms with Crippen LogP contribution in [0.4, 0.5) is 4.39 Å². The number of hydrogen-bond acceptors (Lipinski definition) is 0. The van der Waals surface area contributed by atoms with Crippen LogP contribution in [0.3, 0.4) is 0 Å². The molecule has 0 N–H and O–H groups in total. The zero-order chi connectivity index (χ0) is 28.0. The summed E-state index contributed by atoms with van der Waals surface area (Å²) in [5.41, 5.74) is 4.23. The lowest BCUT2D eigenvalue weighted by Gasteiger charge is -2.28. The van der Waals surface area contributed by atoms with Crippen molar-refractivity contribution in [2.75, 3.05) is 0 Å². The monoisotopic (exact) mass is 538 g/mol. The van der Waals surface area contributed by atoms with Gasteiger partial charge < -0.3 is 0 Å². The van der Waals surface area contributed by atoms with Crippen molar-refractivity contribution in [2.24, 2.45) is 11.8 Å². The number of benzene rings is 3. The summed E-state index contributed by atoms with van der Waals surface area (Å²) in [6, 6.07) is 18.7. The Labute approximate surface area is 244 Å². The predicted octanol–water partition coefficient (Wildman–Crippen LogP) is 11.6. The second-order valence-corrected chi connectivity index (χ2v) is 12.4. The summed E-state index contributed by atoms with van der Waals surface area (Å²) in [5.74, 6) is 8.25. The fraction of sp³-hybridized carbons (Fsp3) is 0.538. The highest BCUT2D eigenvalue weighted by Crippen LogP contribution is 2.35. The summed E-state index contributed by atoms with van der Waals surface area (Å²) in [7, 11) is 0. The third-order valence-electron chi connectivity index (χ3n) is 9.16. The molecule has 40 heavy (non-hydrogen) atoms. The highest BCUT2D eigenvalue weighted by molar-refractivity contribution is 5.85. The molecule has 3 aromatic carbocycles. The van der Waals surface area contributed by atoms with E-state index < -0.39 is 0 Å². The Morgan fingerprint density at radius 2 is 1.25 bits per heavy atom. The van der Waals surface area contributed by atoms with Crippen LogP contribution in [0.15, 0.2) is 54.6 Å². The molecule has 1 aliphatic rings. The number of hydrogen-bond donors (Lipinski definition) is 0. The van der Waals surface area contributed by atoms with Crippen LogP contribution in [-0.4, -0.2) is 0 Å². The van der Waals surface area contributed by atoms with Gasteiger partial charge in [0.05, 0.1) is 0 Å². The van der Waals surface area contributed by atoms with E-state index in [1.807, 2.05) is 24.3 Å². The molecular formula is C39H51F. The standard InChI is InChI=1S/C39H51F/c1-3-5-7-9-11-13-32-14-18-33(19-15-32)22-23-35-25-29-38-37(30-35)28-27-36(39(38)40)26-24-34-20-16-31(17-21-34)12-10-8-6-4-2/h14-15,18-19,25,27-31,34H,3-13,16-17,20-21,24,26H2,1-2H3. The Bertz CT molecular complexity index is 1220. The number of unbranched alkanes of at least 4 members (excludes halogenated alkanes) is 7. The van der Waals surface area contributed by atoms with E-state index in [9.17, 15) is 0 Å². The molecule has 0 spiro atoms. The van der Waals surface area contributed by atoms with Crippen LogP contribution >= 0.6 is 0 Å². The summed E-state index contributed by atoms with van der Waals surface area (Å²) >= 11 is 0. The first-order valence-electron chi connectivity index (χ1n) is 16.5. The van der Waals surface area contributed by atoms with Crippen LogP contribution < -0.4 is 0 Å². The highest BCUT2D eigenvalue weighted by atomic mass is 19.1. The van der Waals surface area contributed by atoms with Gasteiger partial charge in [0.15, 0.2) is 0 Å². The lowest BCUT2D eigenvalue weighted by Crippen LogP contribution is -2.15. The molecule has 1 heteroatoms. The Hall–Kier alpha value is -2.59. The molecule has 0 radical (unpaired) electrons. The van der Waals surface area contributed by atoms with Crippen LogP contribution in [-0.2, 0) is 12.8 Å². The molecule has 0 unspecified atom stereocenters. The number of fused-ring (bicyclic) bond motifs is 1. The van der Waals surface area contributed by atoms with E-state index >= 15 is 4.39 Å². The molecule has 0 aliphatic heterocycles. The molecule has 0 nitrogen and oxygen atoms in total. The molecule has 214 valence electrons. The van der Waals surface area contributed by atoms with Gasteiger partial charge in [-0.15, -0.1) is 0 Å². The highest BCUT2D eigenvalue weighted by Gasteiger charge is 2.21. The molecule has 0 aromatic heterocycles. The van der Waals surface area contributed by atoms with E-state index in [4.69, 9.17) is 0 Å². The smallest absolute Gasteiger partial charge is 0.134 e. The minimum absolute atomic E-state index is 0.0353. The van der Waals surface area contributed by atoms with E-state index in [-0.39, 0.29) is 5.82 Å². The molecule has 1 fully saturated rings. The molecular weight excluding hydrogens is 487 g/mol. The molecule has 0 saturated heterocycles. The Balaban J connectivity index is 1.27. The van der Waals surface area contributed by atoms with E-state index in [2.05, 4.69) is 56.0 Å². The summed E-state index contributed by atoms with van der Waals surface area (Å²) in [5, 5.41) is 1.66. The fourth-order valence-electron chi connectivity index (χ4n) is 6.47. The fourth-order valence-corrected chi connectivity index (χ4v) is 6.47. The van der Waals surface area contributed by atoms with Crippen molar-refractivity contribution in [3.8, 4) is 11.8 Å². The molecule has 0 amide bonds. The van der Waals surface area contributed by atoms with Crippen molar-refractivity contribution < 1.29 is 4.39 Å². The van der Waals surface area contributed by atoms with Gasteiger partial charge in [-0.05, 0) is 78.3 Å². The van der Waals surface area contributed by atoms with E-state index in [1.54, 1.807) is 0 Å². The SMILES string of the molecule is CCCCCCCc1ccc(C#Cc2ccc3c(F)c(CCC4CCC(CCCCCC)CC4)ccc3c2)cc1. The molecule has 4 rings (SSSR count). The topological polar surface area (TPSA) is 0 Å². The first kappa shape index (κ1) is 30.4. The van der Waals surface area contributed by atoms with Gasteiger partial charge in [-0.25, -0.2) is 4.39 Å². The third kappa shape index (κ3) is 9.51. The van der Waals surface area contributed by atoms with Crippen molar-refractivity contribution in [2.45, 2.75) is 123 Å². The van der Waals surface area contributed by atoms with Crippen molar-refractivity contribution in [3.05, 3.63) is 82.7 Å². The lowest BCUT2D eigenvalue weighted by atomic mass is 9.77. The van der Waals surface area contributed by atoms with Crippen molar-refractivity contribution in [1.82, 2.24) is 0 Å². The van der Waals surface area contributed by atoms with Crippen molar-refractivity contribution in [3.63, 3.8) is 0 Å². The maximum Gasteiger partial charge on any atom is 0.134 e. The molecule has 0 bridgehead atoms. The van der Waals surface area contributed by atoms with Gasteiger partial charge in [0.2, 0.25) is 0 Å². The van der Waals surface area contributed by atoms with Gasteiger partial charge in [-0.1, -0.05) is 139 Å². The number of halogens is 1. The van der Waals surface area contributed by atoms with E-state index in [0.717, 1.165) is 58.6 Å². The molecule has 1 aliphatic carbocycles. The molecule has 0 heterocycles. The Kier molecular flexibility index (Phi) is 12.6. The third-order valence-corrected chi connectivity index (χ3v) is 9.16. The Morgan fingerprint density at radius 1 is 0.625 bits per heavy atom. The molecule has 3 aromatic rings. The molecule has 0 atom stereocenters. The van der Waals surface area contributed by atoms with E-state index in [1.165, 1.54) is 95.5 Å². The summed E-state index contributed by atoms with van der Waals surface area (Å²) in [6.45, 7) is 4.54. The van der Waals surface area contributed by atoms with Gasteiger partial charge in [-0.3, -0.25) is 0 Å². The maximum atomic E-state index is 15.4. The van der Waals surface area contributed by atoms with Crippen LogP contribution in [0.2, 0.25) is 0 Å². The lowest BCUT2D eigenvalue weighted by molar-refractivity contribution is 0.248. The van der Waals surface area contributed by atoms with Crippen molar-refractivity contribution >= 4 is 10.8 Å². The maximum absolute atomic E-state index is 15.4. The van der Waals surface area contributed by atoms with E-state index in [0.29, 0.717) is 0 Å². The van der Waals surface area contributed by atoms with Gasteiger partial charge in [0.1, 0.15) is 5.82 Å². The average molecular weight is 539 g/mol. The van der Waals surface area contributed by atoms with Crippen LogP contribution in [0.25, 0.3) is 10.8 Å². The van der Waals surface area contributed by atoms with Crippen LogP contribution in [0, 0.1) is 29.5 Å². The zero-order valence-corrected chi connectivity index (χ0v) is 25.2. The van der Waals surface area contributed by atoms with Crippen LogP contribution in [0.5, 0.6) is 0 Å². The second kappa shape index (κ2) is 16.6. The van der Waals surface area contributed by atoms with Crippen molar-refractivity contribution in [1.29, 1.82) is 0 Å². The minimum atomic E-state index is -0.0353. The first-order valence-corrected chi connectivity index (χ1v) is 16.5. The summed E-state index contributed by atoms with van der Waals surface area (Å²) in [4.78, 5) is 0. The normalized spacial score (nSPS) is 17.1. The first-order chi connectivity index (χ1) is 19.7. The second-order valence-electron chi connectivity index (χ2n) is 12.4.